The summed E-state index contributed by atoms with van der Waals surface area (Å²) in [5.74, 6) is -2.28. The second-order valence-corrected chi connectivity index (χ2v) is 11.7. The summed E-state index contributed by atoms with van der Waals surface area (Å²) in [5.41, 5.74) is 6.70. The van der Waals surface area contributed by atoms with Crippen molar-refractivity contribution in [3.63, 3.8) is 0 Å². The molecule has 224 valence electrons. The van der Waals surface area contributed by atoms with Gasteiger partial charge in [-0.05, 0) is 55.7 Å². The predicted molar refractivity (Wildman–Crippen MR) is 150 cm³/mol. The minimum atomic E-state index is -1.01. The van der Waals surface area contributed by atoms with Crippen molar-refractivity contribution in [3.8, 4) is 11.5 Å². The van der Waals surface area contributed by atoms with Crippen molar-refractivity contribution in [2.45, 2.75) is 99.1 Å². The van der Waals surface area contributed by atoms with Gasteiger partial charge >= 0.3 is 23.9 Å². The van der Waals surface area contributed by atoms with Gasteiger partial charge in [-0.3, -0.25) is 19.2 Å². The molecule has 0 bridgehead atoms. The van der Waals surface area contributed by atoms with E-state index in [0.29, 0.717) is 5.56 Å². The number of esters is 4. The van der Waals surface area contributed by atoms with E-state index in [-0.39, 0.29) is 60.1 Å². The van der Waals surface area contributed by atoms with Crippen LogP contribution in [0, 0.1) is 29.6 Å². The highest BCUT2D eigenvalue weighted by Crippen LogP contribution is 2.32. The second-order valence-electron chi connectivity index (χ2n) is 11.7. The summed E-state index contributed by atoms with van der Waals surface area (Å²) in [6.07, 6.45) is 4.36. The van der Waals surface area contributed by atoms with Gasteiger partial charge in [-0.2, -0.15) is 0 Å². The van der Waals surface area contributed by atoms with Gasteiger partial charge < -0.3 is 24.7 Å². The van der Waals surface area contributed by atoms with Crippen LogP contribution in [0.1, 0.15) is 86.1 Å². The van der Waals surface area contributed by atoms with Crippen LogP contribution in [-0.4, -0.2) is 42.6 Å². The van der Waals surface area contributed by atoms with E-state index in [1.807, 2.05) is 27.7 Å². The molecule has 9 nitrogen and oxygen atoms in total. The fourth-order valence-corrected chi connectivity index (χ4v) is 4.10. The molecule has 4 atom stereocenters. The van der Waals surface area contributed by atoms with Crippen LogP contribution >= 0.6 is 0 Å². The molecule has 0 aromatic heterocycles. The molecule has 2 N–H and O–H groups in total. The standard InChI is InChI=1S/C31H47NO8/c1-18(2)21(6)28(33)39-26-14-13-23(16-27(26)40-29(34)22(7)19(3)4)15-25(32)31(36)37-17-20(5)38-30(35)24-11-9-8-10-12-24/h13-14,16,18-22,24-25H,8-12,15,17,32H2,1-7H3/t20-,21?,22?,25-/m0/s1. The predicted octanol–water partition coefficient (Wildman–Crippen LogP) is 5.01. The summed E-state index contributed by atoms with van der Waals surface area (Å²) in [6, 6.07) is 3.74. The molecule has 1 aliphatic carbocycles. The third-order valence-corrected chi connectivity index (χ3v) is 7.65. The van der Waals surface area contributed by atoms with Gasteiger partial charge in [0.25, 0.3) is 0 Å². The number of nitrogens with two attached hydrogens (primary N) is 1. The molecule has 0 heterocycles. The third kappa shape index (κ3) is 10.2. The zero-order valence-corrected chi connectivity index (χ0v) is 25.1. The molecule has 1 saturated carbocycles. The molecule has 2 unspecified atom stereocenters. The quantitative estimate of drug-likeness (QED) is 0.261. The lowest BCUT2D eigenvalue weighted by molar-refractivity contribution is -0.162. The zero-order chi connectivity index (χ0) is 30.0. The summed E-state index contributed by atoms with van der Waals surface area (Å²) in [7, 11) is 0. The maximum absolute atomic E-state index is 12.7. The summed E-state index contributed by atoms with van der Waals surface area (Å²) >= 11 is 0. The molecule has 2 rings (SSSR count). The van der Waals surface area contributed by atoms with Crippen molar-refractivity contribution in [3.05, 3.63) is 23.8 Å². The first-order valence-corrected chi connectivity index (χ1v) is 14.5. The Balaban J connectivity index is 2.04. The molecule has 1 aromatic rings. The maximum atomic E-state index is 12.7. The molecule has 1 aromatic carbocycles. The van der Waals surface area contributed by atoms with Gasteiger partial charge in [0, 0.05) is 0 Å². The number of benzene rings is 1. The Morgan fingerprint density at radius 3 is 1.90 bits per heavy atom. The Morgan fingerprint density at radius 1 is 0.800 bits per heavy atom. The Labute approximate surface area is 238 Å². The molecule has 0 amide bonds. The minimum Gasteiger partial charge on any atom is -0.461 e. The van der Waals surface area contributed by atoms with Crippen LogP contribution in [0.3, 0.4) is 0 Å². The normalized spacial score (nSPS) is 17.1. The summed E-state index contributed by atoms with van der Waals surface area (Å²) in [5, 5.41) is 0. The fourth-order valence-electron chi connectivity index (χ4n) is 4.10. The second kappa shape index (κ2) is 15.7. The van der Waals surface area contributed by atoms with Crippen molar-refractivity contribution in [2.75, 3.05) is 6.61 Å². The van der Waals surface area contributed by atoms with E-state index in [1.165, 1.54) is 6.07 Å². The Hall–Kier alpha value is -2.94. The van der Waals surface area contributed by atoms with Gasteiger partial charge in [-0.25, -0.2) is 0 Å². The third-order valence-electron chi connectivity index (χ3n) is 7.65. The summed E-state index contributed by atoms with van der Waals surface area (Å²) in [6.45, 7) is 12.8. The number of hydrogen-bond donors (Lipinski definition) is 1. The van der Waals surface area contributed by atoms with Gasteiger partial charge in [0.1, 0.15) is 18.8 Å². The van der Waals surface area contributed by atoms with Crippen molar-refractivity contribution < 1.29 is 38.1 Å². The van der Waals surface area contributed by atoms with Gasteiger partial charge in [-0.15, -0.1) is 0 Å². The monoisotopic (exact) mass is 561 g/mol. The van der Waals surface area contributed by atoms with Crippen molar-refractivity contribution in [1.29, 1.82) is 0 Å². The highest BCUT2D eigenvalue weighted by Gasteiger charge is 2.27. The van der Waals surface area contributed by atoms with Gasteiger partial charge in [0.05, 0.1) is 17.8 Å². The SMILES string of the molecule is CC(C)C(C)C(=O)Oc1ccc(C[C@H](N)C(=O)OC[C@H](C)OC(=O)C2CCCCC2)cc1OC(=O)C(C)C(C)C. The lowest BCUT2D eigenvalue weighted by Crippen LogP contribution is -2.36. The van der Waals surface area contributed by atoms with E-state index in [4.69, 9.17) is 24.7 Å². The Morgan fingerprint density at radius 2 is 1.35 bits per heavy atom. The van der Waals surface area contributed by atoms with Crippen molar-refractivity contribution >= 4 is 23.9 Å². The summed E-state index contributed by atoms with van der Waals surface area (Å²) in [4.78, 5) is 50.2. The highest BCUT2D eigenvalue weighted by molar-refractivity contribution is 5.79. The fraction of sp³-hybridized carbons (Fsp3) is 0.677. The first-order chi connectivity index (χ1) is 18.8. The lowest BCUT2D eigenvalue weighted by Gasteiger charge is -2.22. The smallest absolute Gasteiger partial charge is 0.323 e. The molecule has 0 aliphatic heterocycles. The van der Waals surface area contributed by atoms with Crippen molar-refractivity contribution in [1.82, 2.24) is 0 Å². The molecule has 40 heavy (non-hydrogen) atoms. The van der Waals surface area contributed by atoms with E-state index in [2.05, 4.69) is 0 Å². The van der Waals surface area contributed by atoms with Crippen LogP contribution in [0.25, 0.3) is 0 Å². The largest absolute Gasteiger partial charge is 0.461 e. The number of carbonyl (C=O) groups is 4. The molecule has 1 fully saturated rings. The van der Waals surface area contributed by atoms with Crippen LogP contribution in [0.15, 0.2) is 18.2 Å². The van der Waals surface area contributed by atoms with E-state index in [9.17, 15) is 19.2 Å². The lowest BCUT2D eigenvalue weighted by atomic mass is 9.89. The highest BCUT2D eigenvalue weighted by atomic mass is 16.6. The van der Waals surface area contributed by atoms with Crippen LogP contribution in [-0.2, 0) is 35.1 Å². The Kier molecular flexibility index (Phi) is 13.1. The molecule has 1 aliphatic rings. The number of carbonyl (C=O) groups excluding carboxylic acids is 4. The number of ether oxygens (including phenoxy) is 4. The first-order valence-electron chi connectivity index (χ1n) is 14.5. The Bertz CT molecular complexity index is 1010. The minimum absolute atomic E-state index is 0.0511. The summed E-state index contributed by atoms with van der Waals surface area (Å²) < 4.78 is 22.0. The average molecular weight is 562 g/mol. The molecular formula is C31H47NO8. The van der Waals surface area contributed by atoms with Crippen LogP contribution in [0.4, 0.5) is 0 Å². The first kappa shape index (κ1) is 33.3. The number of hydrogen-bond acceptors (Lipinski definition) is 9. The van der Waals surface area contributed by atoms with Gasteiger partial charge in [0.2, 0.25) is 0 Å². The molecule has 0 spiro atoms. The molecular weight excluding hydrogens is 514 g/mol. The van der Waals surface area contributed by atoms with Gasteiger partial charge in [-0.1, -0.05) is 66.9 Å². The van der Waals surface area contributed by atoms with E-state index in [0.717, 1.165) is 32.1 Å². The van der Waals surface area contributed by atoms with Gasteiger partial charge in [0.15, 0.2) is 11.5 Å². The number of rotatable bonds is 13. The van der Waals surface area contributed by atoms with E-state index in [1.54, 1.807) is 32.9 Å². The zero-order valence-electron chi connectivity index (χ0n) is 25.1. The molecule has 9 heteroatoms. The molecule has 0 radical (unpaired) electrons. The van der Waals surface area contributed by atoms with E-state index < -0.39 is 30.1 Å². The van der Waals surface area contributed by atoms with Crippen LogP contribution in [0.5, 0.6) is 11.5 Å². The topological polar surface area (TPSA) is 131 Å². The van der Waals surface area contributed by atoms with Crippen LogP contribution < -0.4 is 15.2 Å². The van der Waals surface area contributed by atoms with Crippen molar-refractivity contribution in [2.24, 2.45) is 35.3 Å². The van der Waals surface area contributed by atoms with Crippen LogP contribution in [0.2, 0.25) is 0 Å². The van der Waals surface area contributed by atoms with E-state index >= 15 is 0 Å². The average Bonchev–Trinajstić information content (AvgIpc) is 2.92. The molecule has 0 saturated heterocycles. The maximum Gasteiger partial charge on any atom is 0.323 e.